The molecule has 0 spiro atoms. The third-order valence-corrected chi connectivity index (χ3v) is 10.5. The van der Waals surface area contributed by atoms with Crippen molar-refractivity contribution in [2.24, 2.45) is 7.05 Å². The molecule has 0 aliphatic carbocycles. The summed E-state index contributed by atoms with van der Waals surface area (Å²) in [5.74, 6) is 7.40. The van der Waals surface area contributed by atoms with E-state index in [-0.39, 0.29) is 59.5 Å². The molecule has 2 atom stereocenters. The van der Waals surface area contributed by atoms with Crippen LogP contribution >= 0.6 is 9.21 Å². The monoisotopic (exact) mass is 802 g/mol. The predicted molar refractivity (Wildman–Crippen MR) is 208 cm³/mol. The zero-order valence-electron chi connectivity index (χ0n) is 32.8. The SMILES string of the molecule is COc1cc(S(C)(=C=O)=C=O)ccc1N(CC#Cc1c(CC(F)(F)F)n(C)c2cc(N[C@@H]3CCN(C(=O)OC(C)(C)C)C[C@H]3F)ccc12)C(=C=O)OC(C)(C)C. The normalized spacial score (nSPS) is 16.1. The van der Waals surface area contributed by atoms with E-state index in [0.717, 1.165) is 0 Å². The van der Waals surface area contributed by atoms with Crippen LogP contribution < -0.4 is 15.0 Å². The Morgan fingerprint density at radius 1 is 1.00 bits per heavy atom. The molecule has 11 nitrogen and oxygen atoms in total. The quantitative estimate of drug-likeness (QED) is 0.0781. The number of methoxy groups -OCH3 is 1. The van der Waals surface area contributed by atoms with Gasteiger partial charge in [-0.15, -0.1) is 0 Å². The van der Waals surface area contributed by atoms with Crippen molar-refractivity contribution in [2.45, 2.75) is 88.9 Å². The number of benzene rings is 2. The number of fused-ring (bicyclic) bond motifs is 1. The fourth-order valence-corrected chi connectivity index (χ4v) is 6.94. The lowest BCUT2D eigenvalue weighted by molar-refractivity contribution is -0.128. The summed E-state index contributed by atoms with van der Waals surface area (Å²) >= 11 is 0. The number of nitrogens with one attached hydrogen (secondary N) is 1. The molecule has 1 aliphatic heterocycles. The zero-order chi connectivity index (χ0) is 41.8. The molecule has 0 bridgehead atoms. The Morgan fingerprint density at radius 2 is 1.66 bits per heavy atom. The summed E-state index contributed by atoms with van der Waals surface area (Å²) < 4.78 is 75.5. The van der Waals surface area contributed by atoms with Gasteiger partial charge in [-0.2, -0.15) is 13.2 Å². The summed E-state index contributed by atoms with van der Waals surface area (Å²) in [5.41, 5.74) is -0.528. The average Bonchev–Trinajstić information content (AvgIpc) is 3.36. The van der Waals surface area contributed by atoms with Crippen LogP contribution in [0.15, 0.2) is 47.2 Å². The highest BCUT2D eigenvalue weighted by atomic mass is 32.2. The first-order valence-corrected chi connectivity index (χ1v) is 19.6. The highest BCUT2D eigenvalue weighted by molar-refractivity contribution is 8.27. The summed E-state index contributed by atoms with van der Waals surface area (Å²) in [7, 11) is 0.0991. The van der Waals surface area contributed by atoms with Crippen LogP contribution in [0.4, 0.5) is 33.7 Å². The van der Waals surface area contributed by atoms with Gasteiger partial charge < -0.3 is 29.0 Å². The number of ether oxygens (including phenoxy) is 3. The van der Waals surface area contributed by atoms with Crippen LogP contribution in [0.5, 0.6) is 5.75 Å². The first kappa shape index (κ1) is 43.4. The van der Waals surface area contributed by atoms with E-state index >= 15 is 4.39 Å². The van der Waals surface area contributed by atoms with Crippen molar-refractivity contribution < 1.29 is 51.0 Å². The van der Waals surface area contributed by atoms with E-state index in [9.17, 15) is 32.3 Å². The van der Waals surface area contributed by atoms with Gasteiger partial charge in [-0.05, 0) is 99.8 Å². The topological polar surface area (TPSA) is 119 Å². The van der Waals surface area contributed by atoms with Gasteiger partial charge in [0.25, 0.3) is 5.88 Å². The summed E-state index contributed by atoms with van der Waals surface area (Å²) in [6, 6.07) is 8.60. The molecule has 1 saturated heterocycles. The maximum absolute atomic E-state index is 15.3. The second-order valence-corrected chi connectivity index (χ2v) is 18.0. The largest absolute Gasteiger partial charge is 0.495 e. The zero-order valence-corrected chi connectivity index (χ0v) is 33.6. The Labute approximate surface area is 324 Å². The molecule has 2 aromatic carbocycles. The Balaban J connectivity index is 1.74. The number of hydrogen-bond donors (Lipinski definition) is 1. The molecule has 0 radical (unpaired) electrons. The Morgan fingerprint density at radius 3 is 2.21 bits per heavy atom. The number of aryl methyl sites for hydroxylation is 1. The van der Waals surface area contributed by atoms with E-state index in [4.69, 9.17) is 14.2 Å². The van der Waals surface area contributed by atoms with Gasteiger partial charge >= 0.3 is 12.3 Å². The molecule has 4 rings (SSSR count). The van der Waals surface area contributed by atoms with Gasteiger partial charge in [-0.1, -0.05) is 11.8 Å². The minimum atomic E-state index is -4.59. The standard InChI is InChI=1S/C40H46F4N4O7S/c1-38(2,3)54-36(23-49)48(32-15-13-27(20-35(32)53-8)56(9,24-50)25-51)17-10-11-28-29-14-12-26(19-33(29)46(7)34(28)21-40(42,43)44)45-31-16-18-47(22-30(31)41)37(52)55-39(4,5)6/h12-15,19-20,30-31,45H,16-18,21-22H2,1-9H3/t30-,31-/m1/s1. The molecule has 302 valence electrons. The third kappa shape index (κ3) is 10.5. The van der Waals surface area contributed by atoms with Crippen molar-refractivity contribution >= 4 is 54.0 Å². The number of anilines is 2. The Kier molecular flexibility index (Phi) is 13.0. The number of carbonyl (C=O) groups is 1. The second-order valence-electron chi connectivity index (χ2n) is 15.3. The van der Waals surface area contributed by atoms with Crippen molar-refractivity contribution in [1.29, 1.82) is 0 Å². The van der Waals surface area contributed by atoms with Gasteiger partial charge in [0, 0.05) is 35.3 Å². The highest BCUT2D eigenvalue weighted by Crippen LogP contribution is 2.39. The van der Waals surface area contributed by atoms with E-state index in [2.05, 4.69) is 17.2 Å². The summed E-state index contributed by atoms with van der Waals surface area (Å²) in [6.07, 6.45) is -6.26. The minimum absolute atomic E-state index is 0.0958. The van der Waals surface area contributed by atoms with Crippen LogP contribution in [0, 0.1) is 11.8 Å². The number of carbonyl (C=O) groups excluding carboxylic acids is 4. The smallest absolute Gasteiger partial charge is 0.410 e. The van der Waals surface area contributed by atoms with E-state index < -0.39 is 51.3 Å². The van der Waals surface area contributed by atoms with Gasteiger partial charge in [-0.3, -0.25) is 4.90 Å². The maximum atomic E-state index is 15.3. The average molecular weight is 803 g/mol. The number of amides is 1. The first-order chi connectivity index (χ1) is 26.0. The van der Waals surface area contributed by atoms with Crippen LogP contribution in [0.1, 0.15) is 59.2 Å². The summed E-state index contributed by atoms with van der Waals surface area (Å²) in [4.78, 5) is 51.1. The molecule has 1 N–H and O–H groups in total. The van der Waals surface area contributed by atoms with E-state index in [1.807, 2.05) is 0 Å². The molecule has 16 heteroatoms. The lowest BCUT2D eigenvalue weighted by Gasteiger charge is -2.36. The van der Waals surface area contributed by atoms with Crippen LogP contribution in [0.2, 0.25) is 0 Å². The number of hydrogen-bond acceptors (Lipinski definition) is 9. The fraction of sp³-hybridized carbons (Fsp3) is 0.475. The van der Waals surface area contributed by atoms with Crippen LogP contribution in [-0.4, -0.2) is 94.6 Å². The lowest BCUT2D eigenvalue weighted by Crippen LogP contribution is -2.51. The molecule has 56 heavy (non-hydrogen) atoms. The van der Waals surface area contributed by atoms with Crippen molar-refractivity contribution in [1.82, 2.24) is 9.47 Å². The van der Waals surface area contributed by atoms with E-state index in [1.165, 1.54) is 53.0 Å². The van der Waals surface area contributed by atoms with Crippen LogP contribution in [-0.2, 0) is 37.3 Å². The maximum Gasteiger partial charge on any atom is 0.410 e. The number of aromatic nitrogens is 1. The molecule has 2 heterocycles. The Hall–Kier alpha value is -5.31. The number of alkyl halides is 4. The number of rotatable bonds is 9. The first-order valence-electron chi connectivity index (χ1n) is 17.5. The molecule has 1 amide bonds. The highest BCUT2D eigenvalue weighted by Gasteiger charge is 2.35. The van der Waals surface area contributed by atoms with Gasteiger partial charge in [-0.25, -0.2) is 23.6 Å². The van der Waals surface area contributed by atoms with Crippen molar-refractivity contribution in [3.63, 3.8) is 0 Å². The molecule has 0 unspecified atom stereocenters. The van der Waals surface area contributed by atoms with Gasteiger partial charge in [0.15, 0.2) is 16.4 Å². The third-order valence-electron chi connectivity index (χ3n) is 8.67. The molecular formula is C40H46F4N4O7S. The van der Waals surface area contributed by atoms with Crippen molar-refractivity contribution in [3.8, 4) is 17.6 Å². The number of halogens is 4. The molecular weight excluding hydrogens is 757 g/mol. The molecule has 1 aromatic heterocycles. The van der Waals surface area contributed by atoms with Crippen LogP contribution in [0.3, 0.4) is 0 Å². The van der Waals surface area contributed by atoms with Crippen LogP contribution in [0.25, 0.3) is 10.9 Å². The molecule has 1 fully saturated rings. The van der Waals surface area contributed by atoms with Gasteiger partial charge in [0.05, 0.1) is 49.4 Å². The van der Waals surface area contributed by atoms with Gasteiger partial charge in [0.2, 0.25) is 0 Å². The van der Waals surface area contributed by atoms with Crippen molar-refractivity contribution in [2.75, 3.05) is 43.2 Å². The molecule has 3 aromatic rings. The molecule has 1 aliphatic rings. The Bertz CT molecular complexity index is 2250. The number of nitrogens with zero attached hydrogens (tertiary/aromatic N) is 3. The van der Waals surface area contributed by atoms with Crippen molar-refractivity contribution in [3.05, 3.63) is 53.5 Å². The summed E-state index contributed by atoms with van der Waals surface area (Å²) in [6.45, 7) is 10.1. The number of piperidine rings is 1. The fourth-order valence-electron chi connectivity index (χ4n) is 6.03. The lowest BCUT2D eigenvalue weighted by atomic mass is 10.0. The predicted octanol–water partition coefficient (Wildman–Crippen LogP) is 7.33. The van der Waals surface area contributed by atoms with E-state index in [1.54, 1.807) is 76.1 Å². The molecule has 0 saturated carbocycles. The summed E-state index contributed by atoms with van der Waals surface area (Å²) in [5, 5.41) is 7.03. The number of likely N-dealkylation sites (tertiary alicyclic amines) is 1. The second kappa shape index (κ2) is 16.8. The van der Waals surface area contributed by atoms with E-state index in [0.29, 0.717) is 16.6 Å². The minimum Gasteiger partial charge on any atom is -0.495 e. The van der Waals surface area contributed by atoms with Gasteiger partial charge in [0.1, 0.15) is 23.1 Å².